The van der Waals surface area contributed by atoms with E-state index >= 15 is 0 Å². The van der Waals surface area contributed by atoms with Gasteiger partial charge in [-0.3, -0.25) is 14.4 Å². The summed E-state index contributed by atoms with van der Waals surface area (Å²) >= 11 is 13.2. The molecule has 1 aliphatic heterocycles. The van der Waals surface area contributed by atoms with Crippen molar-refractivity contribution in [1.82, 2.24) is 15.2 Å². The highest BCUT2D eigenvalue weighted by Crippen LogP contribution is 2.35. The Bertz CT molecular complexity index is 1820. The number of likely N-dealkylation sites (tertiary alicyclic amines) is 1. The second kappa shape index (κ2) is 16.1. The van der Waals surface area contributed by atoms with Crippen LogP contribution in [0, 0.1) is 12.8 Å². The van der Waals surface area contributed by atoms with Crippen LogP contribution < -0.4 is 20.3 Å². The third-order valence-electron chi connectivity index (χ3n) is 8.52. The second-order valence-electron chi connectivity index (χ2n) is 11.8. The number of carbonyl (C=O) groups is 3. The van der Waals surface area contributed by atoms with E-state index in [9.17, 15) is 14.4 Å². The summed E-state index contributed by atoms with van der Waals surface area (Å²) in [5, 5.41) is 7.24. The number of pyridine rings is 1. The van der Waals surface area contributed by atoms with Crippen LogP contribution in [0.25, 0.3) is 17.0 Å². The number of fused-ring (bicyclic) bond motifs is 1. The van der Waals surface area contributed by atoms with E-state index in [0.29, 0.717) is 27.7 Å². The Morgan fingerprint density at radius 2 is 1.77 bits per heavy atom. The molecule has 2 N–H and O–H groups in total. The molecule has 4 aromatic rings. The molecular formula is C37H39Cl2N5O4. The summed E-state index contributed by atoms with van der Waals surface area (Å²) in [4.78, 5) is 46.5. The zero-order valence-corrected chi connectivity index (χ0v) is 28.8. The number of likely N-dealkylation sites (N-methyl/N-ethyl adjacent to an activating group) is 1. The Hall–Kier alpha value is -4.44. The maximum absolute atomic E-state index is 13.0. The van der Waals surface area contributed by atoms with Gasteiger partial charge in [0.1, 0.15) is 17.9 Å². The molecule has 0 bridgehead atoms. The second-order valence-corrected chi connectivity index (χ2v) is 12.5. The minimum atomic E-state index is -0.428. The van der Waals surface area contributed by atoms with Crippen LogP contribution in [-0.4, -0.2) is 60.8 Å². The number of carbonyl (C=O) groups excluding carboxylic acids is 3. The number of nitrogens with zero attached hydrogens (tertiary/aromatic N) is 3. The molecule has 1 aromatic heterocycles. The fourth-order valence-corrected chi connectivity index (χ4v) is 6.15. The first-order chi connectivity index (χ1) is 23.1. The van der Waals surface area contributed by atoms with Gasteiger partial charge in [-0.2, -0.15) is 0 Å². The van der Waals surface area contributed by atoms with Crippen molar-refractivity contribution in [2.45, 2.75) is 33.3 Å². The topological polar surface area (TPSA) is 104 Å². The van der Waals surface area contributed by atoms with Gasteiger partial charge < -0.3 is 25.2 Å². The van der Waals surface area contributed by atoms with E-state index in [-0.39, 0.29) is 35.9 Å². The SMILES string of the molecule is CCN1CCC(C(=O)Nc2ccc(/C=C/C(=O)NCC(=O)N(C)c3ccc(Cl)c(COc4cccc5ccc(C)nc45)c3Cl)cc2)CC1. The molecule has 48 heavy (non-hydrogen) atoms. The molecule has 1 fully saturated rings. The van der Waals surface area contributed by atoms with Gasteiger partial charge in [-0.25, -0.2) is 4.98 Å². The number of halogens is 2. The first-order valence-electron chi connectivity index (χ1n) is 15.9. The van der Waals surface area contributed by atoms with Gasteiger partial charge in [-0.1, -0.05) is 60.5 Å². The summed E-state index contributed by atoms with van der Waals surface area (Å²) < 4.78 is 6.10. The molecular weight excluding hydrogens is 649 g/mol. The van der Waals surface area contributed by atoms with E-state index in [4.69, 9.17) is 27.9 Å². The molecule has 0 atom stereocenters. The third-order valence-corrected chi connectivity index (χ3v) is 9.30. The summed E-state index contributed by atoms with van der Waals surface area (Å²) in [6.07, 6.45) is 4.73. The third kappa shape index (κ3) is 8.72. The number of nitrogens with one attached hydrogen (secondary N) is 2. The summed E-state index contributed by atoms with van der Waals surface area (Å²) in [6, 6.07) is 20.2. The number of para-hydroxylation sites is 1. The van der Waals surface area contributed by atoms with Crippen molar-refractivity contribution < 1.29 is 19.1 Å². The van der Waals surface area contributed by atoms with E-state index in [2.05, 4.69) is 27.4 Å². The monoisotopic (exact) mass is 687 g/mol. The predicted molar refractivity (Wildman–Crippen MR) is 193 cm³/mol. The maximum Gasteiger partial charge on any atom is 0.246 e. The van der Waals surface area contributed by atoms with Crippen molar-refractivity contribution in [3.05, 3.63) is 99.7 Å². The Morgan fingerprint density at radius 1 is 1.02 bits per heavy atom. The number of amides is 3. The highest BCUT2D eigenvalue weighted by atomic mass is 35.5. The molecule has 2 heterocycles. The van der Waals surface area contributed by atoms with Crippen molar-refractivity contribution in [3.63, 3.8) is 0 Å². The number of aromatic nitrogens is 1. The number of benzene rings is 3. The van der Waals surface area contributed by atoms with Crippen LogP contribution in [0.4, 0.5) is 11.4 Å². The molecule has 3 aromatic carbocycles. The predicted octanol–water partition coefficient (Wildman–Crippen LogP) is 6.89. The largest absolute Gasteiger partial charge is 0.487 e. The van der Waals surface area contributed by atoms with Crippen molar-refractivity contribution in [3.8, 4) is 5.75 Å². The summed E-state index contributed by atoms with van der Waals surface area (Å²) in [5.41, 5.74) is 4.05. The van der Waals surface area contributed by atoms with Gasteiger partial charge in [0.05, 0.1) is 17.3 Å². The molecule has 0 unspecified atom stereocenters. The van der Waals surface area contributed by atoms with Gasteiger partial charge >= 0.3 is 0 Å². The first kappa shape index (κ1) is 34.9. The zero-order chi connectivity index (χ0) is 34.2. The summed E-state index contributed by atoms with van der Waals surface area (Å²) in [7, 11) is 1.58. The lowest BCUT2D eigenvalue weighted by atomic mass is 9.96. The Morgan fingerprint density at radius 3 is 2.50 bits per heavy atom. The molecule has 0 radical (unpaired) electrons. The van der Waals surface area contributed by atoms with E-state index in [1.165, 1.54) is 11.0 Å². The number of hydrogen-bond donors (Lipinski definition) is 2. The molecule has 250 valence electrons. The zero-order valence-electron chi connectivity index (χ0n) is 27.3. The standard InChI is InChI=1S/C37H39Cl2N5O4/c1-4-44-20-18-27(19-21-44)37(47)42-28-13-9-25(10-14-28)11-17-33(45)40-22-34(46)43(3)31-16-15-30(38)29(35(31)39)23-48-32-7-5-6-26-12-8-24(2)41-36(26)32/h5-17,27H,4,18-23H2,1-3H3,(H,40,45)(H,42,47)/b17-11+. The van der Waals surface area contributed by atoms with Crippen molar-refractivity contribution in [1.29, 1.82) is 0 Å². The molecule has 9 nitrogen and oxygen atoms in total. The lowest BCUT2D eigenvalue weighted by Gasteiger charge is -2.30. The van der Waals surface area contributed by atoms with E-state index < -0.39 is 5.91 Å². The van der Waals surface area contributed by atoms with Gasteiger partial charge in [0.15, 0.2) is 0 Å². The summed E-state index contributed by atoms with van der Waals surface area (Å²) in [6.45, 7) is 6.77. The molecule has 5 rings (SSSR count). The number of hydrogen-bond acceptors (Lipinski definition) is 6. The molecule has 1 aliphatic rings. The Kier molecular flexibility index (Phi) is 11.7. The van der Waals surface area contributed by atoms with Crippen LogP contribution >= 0.6 is 23.2 Å². The molecule has 0 saturated carbocycles. The smallest absolute Gasteiger partial charge is 0.246 e. The number of anilines is 2. The van der Waals surface area contributed by atoms with Crippen LogP contribution in [0.3, 0.4) is 0 Å². The maximum atomic E-state index is 13.0. The minimum absolute atomic E-state index is 0.0209. The van der Waals surface area contributed by atoms with E-state index in [1.54, 1.807) is 25.3 Å². The quantitative estimate of drug-likeness (QED) is 0.167. The fraction of sp³-hybridized carbons (Fsp3) is 0.297. The Balaban J connectivity index is 1.13. The minimum Gasteiger partial charge on any atom is -0.487 e. The van der Waals surface area contributed by atoms with Gasteiger partial charge in [0, 0.05) is 46.4 Å². The number of ether oxygens (including phenoxy) is 1. The lowest BCUT2D eigenvalue weighted by Crippen LogP contribution is -2.37. The molecule has 0 aliphatic carbocycles. The van der Waals surface area contributed by atoms with Gasteiger partial charge in [0.25, 0.3) is 0 Å². The summed E-state index contributed by atoms with van der Waals surface area (Å²) in [5.74, 6) is -0.145. The van der Waals surface area contributed by atoms with E-state index in [1.807, 2.05) is 61.5 Å². The molecule has 3 amide bonds. The van der Waals surface area contributed by atoms with Crippen molar-refractivity contribution in [2.24, 2.45) is 5.92 Å². The first-order valence-corrected chi connectivity index (χ1v) is 16.7. The fourth-order valence-electron chi connectivity index (χ4n) is 5.54. The normalized spacial score (nSPS) is 13.9. The van der Waals surface area contributed by atoms with Crippen LogP contribution in [0.15, 0.2) is 72.8 Å². The highest BCUT2D eigenvalue weighted by molar-refractivity contribution is 6.38. The highest BCUT2D eigenvalue weighted by Gasteiger charge is 2.24. The average molecular weight is 689 g/mol. The molecule has 1 saturated heterocycles. The number of aryl methyl sites for hydroxylation is 1. The average Bonchev–Trinajstić information content (AvgIpc) is 3.10. The van der Waals surface area contributed by atoms with Gasteiger partial charge in [-0.15, -0.1) is 0 Å². The van der Waals surface area contributed by atoms with E-state index in [0.717, 1.165) is 54.6 Å². The van der Waals surface area contributed by atoms with Crippen LogP contribution in [0.5, 0.6) is 5.75 Å². The van der Waals surface area contributed by atoms with Crippen molar-refractivity contribution in [2.75, 3.05) is 43.4 Å². The van der Waals surface area contributed by atoms with Gasteiger partial charge in [-0.05, 0) is 87.4 Å². The van der Waals surface area contributed by atoms with Crippen LogP contribution in [0.2, 0.25) is 10.0 Å². The Labute approximate surface area is 290 Å². The molecule has 0 spiro atoms. The number of piperidine rings is 1. The lowest BCUT2D eigenvalue weighted by molar-refractivity contribution is -0.122. The van der Waals surface area contributed by atoms with Crippen LogP contribution in [-0.2, 0) is 21.0 Å². The number of rotatable bonds is 11. The van der Waals surface area contributed by atoms with Crippen molar-refractivity contribution >= 4 is 69.3 Å². The van der Waals surface area contributed by atoms with Crippen LogP contribution in [0.1, 0.15) is 36.6 Å². The van der Waals surface area contributed by atoms with Gasteiger partial charge in [0.2, 0.25) is 17.7 Å². The molecule has 11 heteroatoms.